The second-order valence-corrected chi connectivity index (χ2v) is 12.4. The van der Waals surface area contributed by atoms with Crippen LogP contribution in [-0.2, 0) is 27.8 Å². The van der Waals surface area contributed by atoms with Crippen molar-refractivity contribution in [2.45, 2.75) is 143 Å². The third kappa shape index (κ3) is 10.8. The summed E-state index contributed by atoms with van der Waals surface area (Å²) in [4.78, 5) is 11.4. The first-order chi connectivity index (χ1) is 15.4. The van der Waals surface area contributed by atoms with Gasteiger partial charge in [0.15, 0.2) is 0 Å². The monoisotopic (exact) mass is 477 g/mol. The van der Waals surface area contributed by atoms with E-state index < -0.39 is 0 Å². The van der Waals surface area contributed by atoms with Gasteiger partial charge in [-0.05, 0) is 52.3 Å². The quantitative estimate of drug-likeness (QED) is 0.208. The number of aromatic hydroxyl groups is 1. The standard InChI is InChI=1S/C29H51NO2S/c1-9-10-11-12-13-14-15-16-17-18-19-24-23(21-33-30-22(2)31)20-25(28(3,4)5)27(32)26(24)29(6,7)8/h20,32H,9-19,21H2,1-8H3,(H,30,31). The van der Waals surface area contributed by atoms with Crippen LogP contribution in [0, 0.1) is 0 Å². The van der Waals surface area contributed by atoms with Crippen LogP contribution in [0.5, 0.6) is 5.75 Å². The molecule has 4 heteroatoms. The highest BCUT2D eigenvalue weighted by Crippen LogP contribution is 2.43. The van der Waals surface area contributed by atoms with Gasteiger partial charge in [0.25, 0.3) is 0 Å². The summed E-state index contributed by atoms with van der Waals surface area (Å²) in [6.45, 7) is 16.9. The predicted molar refractivity (Wildman–Crippen MR) is 146 cm³/mol. The van der Waals surface area contributed by atoms with E-state index in [-0.39, 0.29) is 16.7 Å². The van der Waals surface area contributed by atoms with E-state index in [0.29, 0.717) is 5.75 Å². The van der Waals surface area contributed by atoms with Crippen molar-refractivity contribution in [1.82, 2.24) is 4.72 Å². The lowest BCUT2D eigenvalue weighted by molar-refractivity contribution is -0.117. The van der Waals surface area contributed by atoms with E-state index in [4.69, 9.17) is 0 Å². The Morgan fingerprint density at radius 2 is 1.39 bits per heavy atom. The third-order valence-electron chi connectivity index (χ3n) is 6.28. The fourth-order valence-corrected chi connectivity index (χ4v) is 5.25. The highest BCUT2D eigenvalue weighted by molar-refractivity contribution is 7.97. The Balaban J connectivity index is 2.95. The van der Waals surface area contributed by atoms with Crippen molar-refractivity contribution in [3.8, 4) is 5.75 Å². The number of hydrogen-bond donors (Lipinski definition) is 2. The summed E-state index contributed by atoms with van der Waals surface area (Å²) >= 11 is 1.45. The summed E-state index contributed by atoms with van der Waals surface area (Å²) in [5.41, 5.74) is 4.32. The zero-order chi connectivity index (χ0) is 25.1. The number of amides is 1. The van der Waals surface area contributed by atoms with Gasteiger partial charge < -0.3 is 9.83 Å². The van der Waals surface area contributed by atoms with Gasteiger partial charge in [0.05, 0.1) is 0 Å². The van der Waals surface area contributed by atoms with Crippen LogP contribution in [-0.4, -0.2) is 11.0 Å². The Morgan fingerprint density at radius 3 is 1.85 bits per heavy atom. The van der Waals surface area contributed by atoms with Gasteiger partial charge in [0.2, 0.25) is 5.91 Å². The maximum atomic E-state index is 11.4. The minimum Gasteiger partial charge on any atom is -0.507 e. The number of nitrogens with one attached hydrogen (secondary N) is 1. The van der Waals surface area contributed by atoms with Gasteiger partial charge in [0, 0.05) is 18.2 Å². The van der Waals surface area contributed by atoms with E-state index in [9.17, 15) is 9.90 Å². The Labute approximate surface area is 209 Å². The highest BCUT2D eigenvalue weighted by Gasteiger charge is 2.30. The minimum atomic E-state index is -0.146. The van der Waals surface area contributed by atoms with Gasteiger partial charge in [-0.2, -0.15) is 0 Å². The molecule has 0 fully saturated rings. The molecule has 2 N–H and O–H groups in total. The lowest BCUT2D eigenvalue weighted by atomic mass is 9.75. The Bertz CT molecular complexity index is 729. The molecule has 0 aliphatic carbocycles. The van der Waals surface area contributed by atoms with Crippen molar-refractivity contribution in [2.75, 3.05) is 0 Å². The van der Waals surface area contributed by atoms with Crippen LogP contribution in [0.4, 0.5) is 0 Å². The normalized spacial score (nSPS) is 12.2. The first-order valence-electron chi connectivity index (χ1n) is 13.2. The van der Waals surface area contributed by atoms with E-state index in [0.717, 1.165) is 29.7 Å². The number of unbranched alkanes of at least 4 members (excludes halogenated alkanes) is 9. The Kier molecular flexibility index (Phi) is 12.9. The first-order valence-corrected chi connectivity index (χ1v) is 14.1. The molecule has 1 aromatic rings. The van der Waals surface area contributed by atoms with Crippen molar-refractivity contribution in [3.63, 3.8) is 0 Å². The number of carbonyl (C=O) groups is 1. The summed E-state index contributed by atoms with van der Waals surface area (Å²) in [5, 5.41) is 11.4. The molecule has 0 aliphatic rings. The molecule has 1 aromatic carbocycles. The second-order valence-electron chi connectivity index (χ2n) is 11.7. The highest BCUT2D eigenvalue weighted by atomic mass is 32.2. The molecule has 1 rings (SSSR count). The molecule has 0 aromatic heterocycles. The van der Waals surface area contributed by atoms with E-state index in [2.05, 4.69) is 59.3 Å². The van der Waals surface area contributed by atoms with Crippen LogP contribution >= 0.6 is 11.9 Å². The Morgan fingerprint density at radius 1 is 0.879 bits per heavy atom. The first kappa shape index (κ1) is 29.9. The summed E-state index contributed by atoms with van der Waals surface area (Å²) in [6, 6.07) is 2.19. The van der Waals surface area contributed by atoms with Crippen molar-refractivity contribution < 1.29 is 9.90 Å². The average molecular weight is 478 g/mol. The number of phenolic OH excluding ortho intramolecular Hbond substituents is 1. The van der Waals surface area contributed by atoms with Gasteiger partial charge in [-0.25, -0.2) is 0 Å². The number of benzene rings is 1. The summed E-state index contributed by atoms with van der Waals surface area (Å²) < 4.78 is 2.88. The largest absolute Gasteiger partial charge is 0.507 e. The fraction of sp³-hybridized carbons (Fsp3) is 0.759. The van der Waals surface area contributed by atoms with Crippen LogP contribution in [0.25, 0.3) is 0 Å². The van der Waals surface area contributed by atoms with Crippen molar-refractivity contribution >= 4 is 17.9 Å². The summed E-state index contributed by atoms with van der Waals surface area (Å²) in [6.07, 6.45) is 14.2. The van der Waals surface area contributed by atoms with Crippen LogP contribution in [0.3, 0.4) is 0 Å². The van der Waals surface area contributed by atoms with Crippen molar-refractivity contribution in [1.29, 1.82) is 0 Å². The third-order valence-corrected chi connectivity index (χ3v) is 7.17. The van der Waals surface area contributed by atoms with Crippen molar-refractivity contribution in [2.24, 2.45) is 0 Å². The summed E-state index contributed by atoms with van der Waals surface area (Å²) in [7, 11) is 0. The maximum absolute atomic E-state index is 11.4. The lowest BCUT2D eigenvalue weighted by Crippen LogP contribution is -2.21. The molecule has 0 unspecified atom stereocenters. The number of carbonyl (C=O) groups excluding carboxylic acids is 1. The average Bonchev–Trinajstić information content (AvgIpc) is 2.68. The molecule has 33 heavy (non-hydrogen) atoms. The molecule has 1 amide bonds. The van der Waals surface area contributed by atoms with Crippen LogP contribution < -0.4 is 4.72 Å². The molecule has 0 spiro atoms. The van der Waals surface area contributed by atoms with Crippen LogP contribution in [0.2, 0.25) is 0 Å². The fourth-order valence-electron chi connectivity index (χ4n) is 4.57. The molecule has 0 radical (unpaired) electrons. The molecule has 0 bridgehead atoms. The predicted octanol–water partition coefficient (Wildman–Crippen LogP) is 8.73. The number of rotatable bonds is 14. The van der Waals surface area contributed by atoms with Gasteiger partial charge in [-0.3, -0.25) is 4.79 Å². The minimum absolute atomic E-state index is 0.0258. The SMILES string of the molecule is CCCCCCCCCCCCc1c(CSNC(C)=O)cc(C(C)(C)C)c(O)c1C(C)(C)C. The lowest BCUT2D eigenvalue weighted by Gasteiger charge is -2.31. The smallest absolute Gasteiger partial charge is 0.226 e. The maximum Gasteiger partial charge on any atom is 0.226 e. The van der Waals surface area contributed by atoms with Crippen LogP contribution in [0.15, 0.2) is 6.07 Å². The van der Waals surface area contributed by atoms with E-state index in [1.54, 1.807) is 6.92 Å². The zero-order valence-electron chi connectivity index (χ0n) is 22.8. The Hall–Kier alpha value is -1.16. The van der Waals surface area contributed by atoms with E-state index in [1.807, 2.05) is 0 Å². The molecule has 0 saturated heterocycles. The molecular weight excluding hydrogens is 426 g/mol. The second kappa shape index (κ2) is 14.3. The molecule has 0 saturated carbocycles. The molecular formula is C29H51NO2S. The molecule has 190 valence electrons. The summed E-state index contributed by atoms with van der Waals surface area (Å²) in [5.74, 6) is 1.16. The van der Waals surface area contributed by atoms with Gasteiger partial charge >= 0.3 is 0 Å². The van der Waals surface area contributed by atoms with E-state index in [1.165, 1.54) is 80.9 Å². The van der Waals surface area contributed by atoms with Crippen molar-refractivity contribution in [3.05, 3.63) is 28.3 Å². The van der Waals surface area contributed by atoms with Crippen LogP contribution in [0.1, 0.15) is 142 Å². The number of hydrogen-bond acceptors (Lipinski definition) is 3. The van der Waals surface area contributed by atoms with Gasteiger partial charge in [-0.15, -0.1) is 0 Å². The molecule has 0 atom stereocenters. The van der Waals surface area contributed by atoms with Gasteiger partial charge in [0.1, 0.15) is 5.75 Å². The zero-order valence-corrected chi connectivity index (χ0v) is 23.6. The number of phenols is 1. The van der Waals surface area contributed by atoms with E-state index >= 15 is 0 Å². The topological polar surface area (TPSA) is 49.3 Å². The molecule has 3 nitrogen and oxygen atoms in total. The molecule has 0 heterocycles. The van der Waals surface area contributed by atoms with Gasteiger partial charge in [-0.1, -0.05) is 112 Å². The molecule has 0 aliphatic heterocycles.